The van der Waals surface area contributed by atoms with E-state index in [1.165, 1.54) is 61.4 Å². The zero-order valence-electron chi connectivity index (χ0n) is 14.2. The fourth-order valence-corrected chi connectivity index (χ4v) is 4.34. The highest BCUT2D eigenvalue weighted by Gasteiger charge is 2.30. The first-order valence-corrected chi connectivity index (χ1v) is 8.77. The van der Waals surface area contributed by atoms with E-state index < -0.39 is 0 Å². The van der Waals surface area contributed by atoms with Crippen LogP contribution in [-0.4, -0.2) is 51.8 Å². The van der Waals surface area contributed by atoms with Crippen molar-refractivity contribution in [2.75, 3.05) is 26.2 Å². The van der Waals surface area contributed by atoms with E-state index >= 15 is 0 Å². The normalized spacial score (nSPS) is 22.4. The Bertz CT molecular complexity index is 677. The van der Waals surface area contributed by atoms with Gasteiger partial charge in [-0.05, 0) is 50.4 Å². The Balaban J connectivity index is 1.61. The maximum atomic E-state index is 4.47. The monoisotopic (exact) mass is 310 g/mol. The summed E-state index contributed by atoms with van der Waals surface area (Å²) in [6, 6.07) is 7.38. The van der Waals surface area contributed by atoms with Crippen molar-refractivity contribution in [2.24, 2.45) is 0 Å². The van der Waals surface area contributed by atoms with Crippen LogP contribution in [0.25, 0.3) is 5.69 Å². The van der Waals surface area contributed by atoms with Gasteiger partial charge in [0.25, 0.3) is 0 Å². The van der Waals surface area contributed by atoms with Crippen molar-refractivity contribution in [3.8, 4) is 5.69 Å². The SMILES string of the molecule is Cc1cc(C)c(-n2cccn2)c(CN2CCN3CCC[C@H]3C2)c1. The largest absolute Gasteiger partial charge is 0.298 e. The van der Waals surface area contributed by atoms with Crippen molar-refractivity contribution >= 4 is 0 Å². The molecule has 2 aromatic rings. The van der Waals surface area contributed by atoms with E-state index in [-0.39, 0.29) is 0 Å². The van der Waals surface area contributed by atoms with Gasteiger partial charge in [-0.1, -0.05) is 17.7 Å². The third kappa shape index (κ3) is 2.93. The highest BCUT2D eigenvalue weighted by Crippen LogP contribution is 2.26. The van der Waals surface area contributed by atoms with Crippen molar-refractivity contribution < 1.29 is 0 Å². The number of hydrogen-bond acceptors (Lipinski definition) is 3. The fraction of sp³-hybridized carbons (Fsp3) is 0.526. The van der Waals surface area contributed by atoms with Gasteiger partial charge in [-0.15, -0.1) is 0 Å². The van der Waals surface area contributed by atoms with Crippen LogP contribution in [-0.2, 0) is 6.54 Å². The Kier molecular flexibility index (Phi) is 3.95. The molecule has 0 spiro atoms. The Morgan fingerprint density at radius 1 is 1.17 bits per heavy atom. The number of hydrogen-bond donors (Lipinski definition) is 0. The predicted octanol–water partition coefficient (Wildman–Crippen LogP) is 2.77. The maximum absolute atomic E-state index is 4.47. The minimum absolute atomic E-state index is 0.780. The number of piperazine rings is 1. The molecule has 122 valence electrons. The average molecular weight is 310 g/mol. The second-order valence-electron chi connectivity index (χ2n) is 7.11. The van der Waals surface area contributed by atoms with Crippen LogP contribution in [0.3, 0.4) is 0 Å². The zero-order valence-corrected chi connectivity index (χ0v) is 14.2. The molecule has 4 rings (SSSR count). The van der Waals surface area contributed by atoms with Crippen molar-refractivity contribution in [2.45, 2.75) is 39.3 Å². The molecule has 0 unspecified atom stereocenters. The molecule has 0 N–H and O–H groups in total. The van der Waals surface area contributed by atoms with Crippen molar-refractivity contribution in [1.82, 2.24) is 19.6 Å². The molecule has 23 heavy (non-hydrogen) atoms. The van der Waals surface area contributed by atoms with Gasteiger partial charge in [-0.2, -0.15) is 5.10 Å². The van der Waals surface area contributed by atoms with E-state index in [9.17, 15) is 0 Å². The van der Waals surface area contributed by atoms with Crippen LogP contribution in [0.4, 0.5) is 0 Å². The Labute approximate surface area is 138 Å². The zero-order chi connectivity index (χ0) is 15.8. The molecule has 4 nitrogen and oxygen atoms in total. The Hall–Kier alpha value is -1.65. The second-order valence-corrected chi connectivity index (χ2v) is 7.11. The molecular weight excluding hydrogens is 284 g/mol. The van der Waals surface area contributed by atoms with E-state index in [1.807, 2.05) is 16.9 Å². The molecule has 0 amide bonds. The van der Waals surface area contributed by atoms with Crippen LogP contribution < -0.4 is 0 Å². The lowest BCUT2D eigenvalue weighted by Crippen LogP contribution is -2.49. The fourth-order valence-electron chi connectivity index (χ4n) is 4.34. The molecule has 1 atom stereocenters. The number of benzene rings is 1. The van der Waals surface area contributed by atoms with Gasteiger partial charge in [0, 0.05) is 44.6 Å². The average Bonchev–Trinajstić information content (AvgIpc) is 3.17. The summed E-state index contributed by atoms with van der Waals surface area (Å²) in [5.74, 6) is 0. The first-order chi connectivity index (χ1) is 11.2. The number of fused-ring (bicyclic) bond motifs is 1. The van der Waals surface area contributed by atoms with Gasteiger partial charge in [0.05, 0.1) is 5.69 Å². The molecule has 0 radical (unpaired) electrons. The minimum atomic E-state index is 0.780. The molecule has 0 saturated carbocycles. The lowest BCUT2D eigenvalue weighted by Gasteiger charge is -2.37. The highest BCUT2D eigenvalue weighted by molar-refractivity contribution is 5.49. The van der Waals surface area contributed by atoms with Gasteiger partial charge in [-0.3, -0.25) is 9.80 Å². The van der Waals surface area contributed by atoms with E-state index in [2.05, 4.69) is 47.1 Å². The second kappa shape index (κ2) is 6.10. The summed E-state index contributed by atoms with van der Waals surface area (Å²) in [4.78, 5) is 5.31. The summed E-state index contributed by atoms with van der Waals surface area (Å²) in [5.41, 5.74) is 5.31. The lowest BCUT2D eigenvalue weighted by molar-refractivity contribution is 0.0993. The summed E-state index contributed by atoms with van der Waals surface area (Å²) in [6.45, 7) is 10.4. The quantitative estimate of drug-likeness (QED) is 0.871. The van der Waals surface area contributed by atoms with Crippen molar-refractivity contribution in [1.29, 1.82) is 0 Å². The van der Waals surface area contributed by atoms with E-state index in [1.54, 1.807) is 0 Å². The molecule has 0 bridgehead atoms. The van der Waals surface area contributed by atoms with Gasteiger partial charge in [0.15, 0.2) is 0 Å². The number of nitrogens with zero attached hydrogens (tertiary/aromatic N) is 4. The maximum Gasteiger partial charge on any atom is 0.0719 e. The number of aryl methyl sites for hydroxylation is 2. The topological polar surface area (TPSA) is 24.3 Å². The predicted molar refractivity (Wildman–Crippen MR) is 92.9 cm³/mol. The highest BCUT2D eigenvalue weighted by atomic mass is 15.3. The molecule has 2 aliphatic heterocycles. The molecule has 1 aromatic heterocycles. The van der Waals surface area contributed by atoms with Crippen LogP contribution in [0.15, 0.2) is 30.6 Å². The van der Waals surface area contributed by atoms with Gasteiger partial charge >= 0.3 is 0 Å². The molecule has 2 saturated heterocycles. The van der Waals surface area contributed by atoms with Crippen LogP contribution in [0.5, 0.6) is 0 Å². The third-order valence-corrected chi connectivity index (χ3v) is 5.32. The van der Waals surface area contributed by atoms with Crippen molar-refractivity contribution in [3.05, 3.63) is 47.3 Å². The van der Waals surface area contributed by atoms with Crippen LogP contribution in [0.2, 0.25) is 0 Å². The van der Waals surface area contributed by atoms with E-state index in [4.69, 9.17) is 0 Å². The van der Waals surface area contributed by atoms with Gasteiger partial charge in [-0.25, -0.2) is 4.68 Å². The smallest absolute Gasteiger partial charge is 0.0719 e. The molecule has 2 aliphatic rings. The Morgan fingerprint density at radius 2 is 2.09 bits per heavy atom. The summed E-state index contributed by atoms with van der Waals surface area (Å²) >= 11 is 0. The molecule has 0 aliphatic carbocycles. The third-order valence-electron chi connectivity index (χ3n) is 5.32. The summed E-state index contributed by atoms with van der Waals surface area (Å²) in [7, 11) is 0. The molecule has 1 aromatic carbocycles. The first kappa shape index (κ1) is 14.9. The van der Waals surface area contributed by atoms with Crippen LogP contribution in [0, 0.1) is 13.8 Å². The summed E-state index contributed by atoms with van der Waals surface area (Å²) < 4.78 is 2.02. The number of rotatable bonds is 3. The van der Waals surface area contributed by atoms with Gasteiger partial charge in [0.1, 0.15) is 0 Å². The standard InChI is InChI=1S/C19H26N4/c1-15-11-16(2)19(23-8-4-6-20-23)17(12-15)13-21-9-10-22-7-3-5-18(22)14-21/h4,6,8,11-12,18H,3,5,7,9-10,13-14H2,1-2H3/t18-/m0/s1. The minimum Gasteiger partial charge on any atom is -0.298 e. The number of aromatic nitrogens is 2. The van der Waals surface area contributed by atoms with Crippen LogP contribution >= 0.6 is 0 Å². The molecule has 4 heteroatoms. The van der Waals surface area contributed by atoms with E-state index in [0.717, 1.165) is 12.6 Å². The molecular formula is C19H26N4. The molecule has 3 heterocycles. The molecule has 2 fully saturated rings. The summed E-state index contributed by atoms with van der Waals surface area (Å²) in [5, 5.41) is 4.47. The van der Waals surface area contributed by atoms with Gasteiger partial charge < -0.3 is 0 Å². The van der Waals surface area contributed by atoms with E-state index in [0.29, 0.717) is 0 Å². The Morgan fingerprint density at radius 3 is 2.91 bits per heavy atom. The lowest BCUT2D eigenvalue weighted by atomic mass is 10.0. The van der Waals surface area contributed by atoms with Gasteiger partial charge in [0.2, 0.25) is 0 Å². The van der Waals surface area contributed by atoms with Crippen molar-refractivity contribution in [3.63, 3.8) is 0 Å². The summed E-state index contributed by atoms with van der Waals surface area (Å²) in [6.07, 6.45) is 6.66. The van der Waals surface area contributed by atoms with Crippen LogP contribution in [0.1, 0.15) is 29.5 Å². The first-order valence-electron chi connectivity index (χ1n) is 8.77.